The van der Waals surface area contributed by atoms with Gasteiger partial charge in [0.05, 0.1) is 0 Å². The van der Waals surface area contributed by atoms with Gasteiger partial charge in [0.1, 0.15) is 5.82 Å². The molecular formula is C20H36N4. The van der Waals surface area contributed by atoms with Gasteiger partial charge in [0.2, 0.25) is 0 Å². The van der Waals surface area contributed by atoms with Gasteiger partial charge in [-0.2, -0.15) is 0 Å². The molecule has 4 nitrogen and oxygen atoms in total. The number of pyridine rings is 1. The molecule has 2 aliphatic heterocycles. The Morgan fingerprint density at radius 1 is 0.958 bits per heavy atom. The van der Waals surface area contributed by atoms with Crippen molar-refractivity contribution in [3.8, 4) is 0 Å². The van der Waals surface area contributed by atoms with Gasteiger partial charge in [-0.15, -0.1) is 0 Å². The molecule has 2 saturated heterocycles. The topological polar surface area (TPSA) is 22.6 Å². The van der Waals surface area contributed by atoms with E-state index in [1.165, 1.54) is 58.4 Å². The monoisotopic (exact) mass is 332 g/mol. The van der Waals surface area contributed by atoms with E-state index in [4.69, 9.17) is 0 Å². The molecule has 0 spiro atoms. The lowest BCUT2D eigenvalue weighted by Gasteiger charge is -2.38. The summed E-state index contributed by atoms with van der Waals surface area (Å²) in [5.74, 6) is 2.04. The van der Waals surface area contributed by atoms with Gasteiger partial charge >= 0.3 is 0 Å². The van der Waals surface area contributed by atoms with Crippen molar-refractivity contribution in [3.05, 3.63) is 24.4 Å². The van der Waals surface area contributed by atoms with Crippen molar-refractivity contribution in [1.29, 1.82) is 0 Å². The van der Waals surface area contributed by atoms with E-state index in [0.717, 1.165) is 24.8 Å². The Kier molecular flexibility index (Phi) is 8.54. The van der Waals surface area contributed by atoms with Crippen LogP contribution in [0, 0.1) is 5.92 Å². The number of hydrogen-bond acceptors (Lipinski definition) is 4. The van der Waals surface area contributed by atoms with E-state index in [0.29, 0.717) is 0 Å². The van der Waals surface area contributed by atoms with E-state index in [9.17, 15) is 0 Å². The zero-order chi connectivity index (χ0) is 17.2. The van der Waals surface area contributed by atoms with Gasteiger partial charge < -0.3 is 9.80 Å². The van der Waals surface area contributed by atoms with Crippen LogP contribution in [-0.2, 0) is 0 Å². The van der Waals surface area contributed by atoms with Gasteiger partial charge in [-0.05, 0) is 51.0 Å². The molecule has 0 saturated carbocycles. The molecule has 0 radical (unpaired) electrons. The lowest BCUT2D eigenvalue weighted by atomic mass is 9.96. The first-order valence-electron chi connectivity index (χ1n) is 9.79. The lowest BCUT2D eigenvalue weighted by Crippen LogP contribution is -2.48. The van der Waals surface area contributed by atoms with Crippen LogP contribution in [0.15, 0.2) is 24.4 Å². The molecule has 0 unspecified atom stereocenters. The third kappa shape index (κ3) is 6.40. The first kappa shape index (κ1) is 19.2. The molecule has 0 amide bonds. The Labute approximate surface area is 148 Å². The van der Waals surface area contributed by atoms with Crippen LogP contribution in [-0.4, -0.2) is 67.6 Å². The van der Waals surface area contributed by atoms with Crippen molar-refractivity contribution < 1.29 is 0 Å². The number of anilines is 1. The second-order valence-corrected chi connectivity index (χ2v) is 7.22. The number of nitrogens with zero attached hydrogens (tertiary/aromatic N) is 4. The standard InChI is InChI=1S/C16H26N4.C4H10/c1-18-8-5-15(6-9-18)14-19-10-12-20(13-11-19)16-4-2-3-7-17-16;1-3-4-2/h2-4,7,15H,5-6,8-14H2,1H3;3-4H2,1-2H3. The molecule has 0 aromatic carbocycles. The molecular weight excluding hydrogens is 296 g/mol. The molecule has 1 aromatic heterocycles. The maximum atomic E-state index is 4.45. The van der Waals surface area contributed by atoms with Crippen LogP contribution in [0.3, 0.4) is 0 Å². The molecule has 3 rings (SSSR count). The van der Waals surface area contributed by atoms with E-state index < -0.39 is 0 Å². The third-order valence-corrected chi connectivity index (χ3v) is 5.20. The normalized spacial score (nSPS) is 20.5. The van der Waals surface area contributed by atoms with E-state index in [1.807, 2.05) is 12.3 Å². The summed E-state index contributed by atoms with van der Waals surface area (Å²) < 4.78 is 0. The summed E-state index contributed by atoms with van der Waals surface area (Å²) in [6, 6.07) is 6.18. The molecule has 0 atom stereocenters. The van der Waals surface area contributed by atoms with Crippen molar-refractivity contribution in [3.63, 3.8) is 0 Å². The number of rotatable bonds is 4. The Morgan fingerprint density at radius 2 is 1.62 bits per heavy atom. The number of piperidine rings is 1. The van der Waals surface area contributed by atoms with Crippen LogP contribution in [0.5, 0.6) is 0 Å². The van der Waals surface area contributed by atoms with Gasteiger partial charge in [-0.3, -0.25) is 4.90 Å². The van der Waals surface area contributed by atoms with Gasteiger partial charge in [-0.25, -0.2) is 4.98 Å². The molecule has 3 heterocycles. The summed E-state index contributed by atoms with van der Waals surface area (Å²) in [5, 5.41) is 0. The van der Waals surface area contributed by atoms with E-state index >= 15 is 0 Å². The number of likely N-dealkylation sites (tertiary alicyclic amines) is 1. The Hall–Kier alpha value is -1.13. The molecule has 0 bridgehead atoms. The minimum absolute atomic E-state index is 0.910. The average Bonchev–Trinajstić information content (AvgIpc) is 2.65. The van der Waals surface area contributed by atoms with Crippen LogP contribution >= 0.6 is 0 Å². The summed E-state index contributed by atoms with van der Waals surface area (Å²) in [5.41, 5.74) is 0. The predicted molar refractivity (Wildman–Crippen MR) is 104 cm³/mol. The van der Waals surface area contributed by atoms with E-state index in [1.54, 1.807) is 0 Å². The van der Waals surface area contributed by atoms with Crippen LogP contribution in [0.25, 0.3) is 0 Å². The number of aromatic nitrogens is 1. The zero-order valence-corrected chi connectivity index (χ0v) is 16.0. The SMILES string of the molecule is CCCC.CN1CCC(CN2CCN(c3ccccn3)CC2)CC1. The number of unbranched alkanes of at least 4 members (excludes halogenated alkanes) is 1. The first-order chi connectivity index (χ1) is 11.7. The van der Waals surface area contributed by atoms with Gasteiger partial charge in [-0.1, -0.05) is 32.8 Å². The van der Waals surface area contributed by atoms with Crippen LogP contribution in [0.1, 0.15) is 39.5 Å². The third-order valence-electron chi connectivity index (χ3n) is 5.20. The van der Waals surface area contributed by atoms with Crippen LogP contribution < -0.4 is 4.90 Å². The van der Waals surface area contributed by atoms with Crippen molar-refractivity contribution in [1.82, 2.24) is 14.8 Å². The molecule has 0 aliphatic carbocycles. The minimum atomic E-state index is 0.910. The van der Waals surface area contributed by atoms with Gasteiger partial charge in [0.25, 0.3) is 0 Å². The highest BCUT2D eigenvalue weighted by Crippen LogP contribution is 2.19. The minimum Gasteiger partial charge on any atom is -0.354 e. The van der Waals surface area contributed by atoms with Crippen LogP contribution in [0.4, 0.5) is 5.82 Å². The van der Waals surface area contributed by atoms with Crippen molar-refractivity contribution in [2.75, 3.05) is 57.8 Å². The van der Waals surface area contributed by atoms with Crippen molar-refractivity contribution in [2.45, 2.75) is 39.5 Å². The quantitative estimate of drug-likeness (QED) is 0.843. The maximum Gasteiger partial charge on any atom is 0.128 e. The van der Waals surface area contributed by atoms with Gasteiger partial charge in [0, 0.05) is 38.9 Å². The molecule has 2 fully saturated rings. The Bertz CT molecular complexity index is 419. The first-order valence-corrected chi connectivity index (χ1v) is 9.79. The Morgan fingerprint density at radius 3 is 2.17 bits per heavy atom. The molecule has 0 N–H and O–H groups in total. The summed E-state index contributed by atoms with van der Waals surface area (Å²) in [6.07, 6.45) is 7.27. The summed E-state index contributed by atoms with van der Waals surface area (Å²) in [4.78, 5) is 12.0. The van der Waals surface area contributed by atoms with Crippen molar-refractivity contribution >= 4 is 5.82 Å². The highest BCUT2D eigenvalue weighted by atomic mass is 15.3. The summed E-state index contributed by atoms with van der Waals surface area (Å²) >= 11 is 0. The second-order valence-electron chi connectivity index (χ2n) is 7.22. The van der Waals surface area contributed by atoms with E-state index in [-0.39, 0.29) is 0 Å². The zero-order valence-electron chi connectivity index (χ0n) is 16.0. The fourth-order valence-corrected chi connectivity index (χ4v) is 3.31. The van der Waals surface area contributed by atoms with Crippen molar-refractivity contribution in [2.24, 2.45) is 5.92 Å². The number of piperazine rings is 1. The second kappa shape index (κ2) is 10.7. The molecule has 1 aromatic rings. The van der Waals surface area contributed by atoms with Gasteiger partial charge in [0.15, 0.2) is 0 Å². The lowest BCUT2D eigenvalue weighted by molar-refractivity contribution is 0.155. The Balaban J connectivity index is 0.000000471. The average molecular weight is 333 g/mol. The van der Waals surface area contributed by atoms with E-state index in [2.05, 4.69) is 52.7 Å². The summed E-state index contributed by atoms with van der Waals surface area (Å²) in [6.45, 7) is 12.8. The fourth-order valence-electron chi connectivity index (χ4n) is 3.31. The summed E-state index contributed by atoms with van der Waals surface area (Å²) in [7, 11) is 2.24. The maximum absolute atomic E-state index is 4.45. The highest BCUT2D eigenvalue weighted by Gasteiger charge is 2.23. The largest absolute Gasteiger partial charge is 0.354 e. The molecule has 4 heteroatoms. The molecule has 24 heavy (non-hydrogen) atoms. The fraction of sp³-hybridized carbons (Fsp3) is 0.750. The smallest absolute Gasteiger partial charge is 0.128 e. The highest BCUT2D eigenvalue weighted by molar-refractivity contribution is 5.38. The predicted octanol–water partition coefficient (Wildman–Crippen LogP) is 3.35. The molecule has 136 valence electrons. The molecule has 2 aliphatic rings. The van der Waals surface area contributed by atoms with Crippen LogP contribution in [0.2, 0.25) is 0 Å². The number of hydrogen-bond donors (Lipinski definition) is 0.